The molecule has 102 valence electrons. The lowest BCUT2D eigenvalue weighted by Crippen LogP contribution is -2.28. The summed E-state index contributed by atoms with van der Waals surface area (Å²) in [7, 11) is -3.77. The molecule has 2 aromatic rings. The Balaban J connectivity index is 2.30. The molecule has 2 rings (SSSR count). The predicted octanol–water partition coefficient (Wildman–Crippen LogP) is 2.26. The minimum absolute atomic E-state index is 0.0812. The van der Waals surface area contributed by atoms with E-state index in [9.17, 15) is 8.42 Å². The lowest BCUT2D eigenvalue weighted by molar-refractivity contribution is 0.560. The number of H-pyrrole nitrogens is 1. The third kappa shape index (κ3) is 3.33. The Morgan fingerprint density at radius 2 is 2.21 bits per heavy atom. The Kier molecular flexibility index (Phi) is 4.24. The molecule has 0 fully saturated rings. The molecule has 19 heavy (non-hydrogen) atoms. The third-order valence-electron chi connectivity index (χ3n) is 2.32. The molecule has 2 N–H and O–H groups in total. The number of aromatic nitrogens is 3. The van der Waals surface area contributed by atoms with Crippen LogP contribution < -0.4 is 4.72 Å². The van der Waals surface area contributed by atoms with Crippen LogP contribution in [0.2, 0.25) is 5.15 Å². The maximum atomic E-state index is 12.2. The summed E-state index contributed by atoms with van der Waals surface area (Å²) in [6, 6.07) is 0.891. The highest BCUT2D eigenvalue weighted by molar-refractivity contribution is 9.10. The molecule has 9 heteroatoms. The number of nitrogens with zero attached hydrogens (tertiary/aromatic N) is 2. The second kappa shape index (κ2) is 5.58. The van der Waals surface area contributed by atoms with E-state index in [1.807, 2.05) is 0 Å². The Bertz CT molecular complexity index is 675. The standard InChI is InChI=1S/C10H10BrClN4O2S/c1-6(10-13-2-3-14-10)16-19(17,18)8-4-7(11)5-15-9(8)12/h2-6,16H,1H3,(H,13,14). The van der Waals surface area contributed by atoms with Gasteiger partial charge in [-0.2, -0.15) is 0 Å². The van der Waals surface area contributed by atoms with Gasteiger partial charge < -0.3 is 4.98 Å². The van der Waals surface area contributed by atoms with Crippen molar-refractivity contribution < 1.29 is 8.42 Å². The quantitative estimate of drug-likeness (QED) is 0.814. The van der Waals surface area contributed by atoms with E-state index in [1.165, 1.54) is 12.3 Å². The highest BCUT2D eigenvalue weighted by atomic mass is 79.9. The minimum Gasteiger partial charge on any atom is -0.347 e. The first kappa shape index (κ1) is 14.4. The smallest absolute Gasteiger partial charge is 0.244 e. The van der Waals surface area contributed by atoms with E-state index in [1.54, 1.807) is 19.3 Å². The summed E-state index contributed by atoms with van der Waals surface area (Å²) in [6.45, 7) is 1.68. The van der Waals surface area contributed by atoms with Crippen LogP contribution in [0.1, 0.15) is 18.8 Å². The van der Waals surface area contributed by atoms with Crippen LogP contribution in [-0.4, -0.2) is 23.4 Å². The number of hydrogen-bond donors (Lipinski definition) is 2. The molecule has 0 aliphatic carbocycles. The zero-order valence-corrected chi connectivity index (χ0v) is 12.9. The Labute approximate surface area is 123 Å². The number of hydrogen-bond acceptors (Lipinski definition) is 4. The highest BCUT2D eigenvalue weighted by Crippen LogP contribution is 2.23. The van der Waals surface area contributed by atoms with Gasteiger partial charge in [0.15, 0.2) is 0 Å². The van der Waals surface area contributed by atoms with Gasteiger partial charge in [-0.1, -0.05) is 11.6 Å². The first-order chi connectivity index (χ1) is 8.90. The summed E-state index contributed by atoms with van der Waals surface area (Å²) in [6.07, 6.45) is 4.60. The molecule has 0 aliphatic rings. The topological polar surface area (TPSA) is 87.7 Å². The second-order valence-corrected chi connectivity index (χ2v) is 6.72. The molecule has 0 radical (unpaired) electrons. The minimum atomic E-state index is -3.77. The van der Waals surface area contributed by atoms with Gasteiger partial charge in [-0.25, -0.2) is 23.1 Å². The zero-order chi connectivity index (χ0) is 14.0. The van der Waals surface area contributed by atoms with Crippen molar-refractivity contribution in [3.63, 3.8) is 0 Å². The molecule has 0 bridgehead atoms. The first-order valence-corrected chi connectivity index (χ1v) is 7.88. The van der Waals surface area contributed by atoms with E-state index in [-0.39, 0.29) is 10.0 Å². The number of nitrogens with one attached hydrogen (secondary N) is 2. The molecule has 0 aromatic carbocycles. The largest absolute Gasteiger partial charge is 0.347 e. The average Bonchev–Trinajstić information content (AvgIpc) is 2.85. The SMILES string of the molecule is CC(NS(=O)(=O)c1cc(Br)cnc1Cl)c1ncc[nH]1. The van der Waals surface area contributed by atoms with Crippen molar-refractivity contribution in [2.45, 2.75) is 17.9 Å². The average molecular weight is 366 g/mol. The number of imidazole rings is 1. The molecule has 0 aliphatic heterocycles. The molecule has 2 aromatic heterocycles. The number of sulfonamides is 1. The number of halogens is 2. The van der Waals surface area contributed by atoms with Gasteiger partial charge in [0.25, 0.3) is 0 Å². The fourth-order valence-electron chi connectivity index (χ4n) is 1.46. The molecule has 1 unspecified atom stereocenters. The fraction of sp³-hybridized carbons (Fsp3) is 0.200. The van der Waals surface area contributed by atoms with Crippen molar-refractivity contribution >= 4 is 37.6 Å². The molecule has 0 saturated carbocycles. The molecule has 1 atom stereocenters. The maximum absolute atomic E-state index is 12.2. The maximum Gasteiger partial charge on any atom is 0.244 e. The van der Waals surface area contributed by atoms with Crippen molar-refractivity contribution in [1.29, 1.82) is 0 Å². The van der Waals surface area contributed by atoms with Crippen LogP contribution in [0.15, 0.2) is 34.0 Å². The van der Waals surface area contributed by atoms with Gasteiger partial charge in [0.2, 0.25) is 10.0 Å². The normalized spacial score (nSPS) is 13.4. The summed E-state index contributed by atoms with van der Waals surface area (Å²) in [4.78, 5) is 10.5. The summed E-state index contributed by atoms with van der Waals surface area (Å²) in [5.74, 6) is 0.516. The Hall–Kier alpha value is -0.960. The molecule has 2 heterocycles. The lowest BCUT2D eigenvalue weighted by atomic mass is 10.3. The van der Waals surface area contributed by atoms with E-state index in [2.05, 4.69) is 35.6 Å². The molecular formula is C10H10BrClN4O2S. The predicted molar refractivity (Wildman–Crippen MR) is 74.3 cm³/mol. The summed E-state index contributed by atoms with van der Waals surface area (Å²) in [5.41, 5.74) is 0. The van der Waals surface area contributed by atoms with Gasteiger partial charge in [-0.15, -0.1) is 0 Å². The van der Waals surface area contributed by atoms with Crippen LogP contribution in [0.25, 0.3) is 0 Å². The zero-order valence-electron chi connectivity index (χ0n) is 9.76. The summed E-state index contributed by atoms with van der Waals surface area (Å²) in [5, 5.41) is -0.0812. The first-order valence-electron chi connectivity index (χ1n) is 5.23. The van der Waals surface area contributed by atoms with Crippen LogP contribution in [-0.2, 0) is 10.0 Å². The van der Waals surface area contributed by atoms with E-state index in [4.69, 9.17) is 11.6 Å². The third-order valence-corrected chi connectivity index (χ3v) is 4.73. The van der Waals surface area contributed by atoms with Crippen molar-refractivity contribution in [3.8, 4) is 0 Å². The van der Waals surface area contributed by atoms with Gasteiger partial charge >= 0.3 is 0 Å². The fourth-order valence-corrected chi connectivity index (χ4v) is 3.61. The Morgan fingerprint density at radius 1 is 1.47 bits per heavy atom. The van der Waals surface area contributed by atoms with Gasteiger partial charge in [-0.05, 0) is 28.9 Å². The highest BCUT2D eigenvalue weighted by Gasteiger charge is 2.23. The summed E-state index contributed by atoms with van der Waals surface area (Å²) < 4.78 is 27.4. The van der Waals surface area contributed by atoms with Gasteiger partial charge in [-0.3, -0.25) is 0 Å². The van der Waals surface area contributed by atoms with Crippen molar-refractivity contribution in [1.82, 2.24) is 19.7 Å². The van der Waals surface area contributed by atoms with Crippen LogP contribution in [0, 0.1) is 0 Å². The van der Waals surface area contributed by atoms with E-state index >= 15 is 0 Å². The van der Waals surface area contributed by atoms with E-state index < -0.39 is 16.1 Å². The monoisotopic (exact) mass is 364 g/mol. The van der Waals surface area contributed by atoms with Crippen LogP contribution in [0.3, 0.4) is 0 Å². The molecule has 0 amide bonds. The summed E-state index contributed by atoms with van der Waals surface area (Å²) >= 11 is 8.98. The lowest BCUT2D eigenvalue weighted by Gasteiger charge is -2.12. The van der Waals surface area contributed by atoms with Crippen molar-refractivity contribution in [2.75, 3.05) is 0 Å². The van der Waals surface area contributed by atoms with Crippen molar-refractivity contribution in [2.24, 2.45) is 0 Å². The molecule has 0 spiro atoms. The number of rotatable bonds is 4. The van der Waals surface area contributed by atoms with Crippen LogP contribution >= 0.6 is 27.5 Å². The van der Waals surface area contributed by atoms with Crippen molar-refractivity contribution in [3.05, 3.63) is 40.1 Å². The van der Waals surface area contributed by atoms with Gasteiger partial charge in [0, 0.05) is 23.1 Å². The Morgan fingerprint density at radius 3 is 2.84 bits per heavy atom. The second-order valence-electron chi connectivity index (χ2n) is 3.76. The van der Waals surface area contributed by atoms with Crippen LogP contribution in [0.5, 0.6) is 0 Å². The van der Waals surface area contributed by atoms with Gasteiger partial charge in [0.05, 0.1) is 6.04 Å². The molecule has 0 saturated heterocycles. The van der Waals surface area contributed by atoms with Crippen LogP contribution in [0.4, 0.5) is 0 Å². The molecular weight excluding hydrogens is 356 g/mol. The molecule has 6 nitrogen and oxygen atoms in total. The van der Waals surface area contributed by atoms with Gasteiger partial charge in [0.1, 0.15) is 15.9 Å². The van der Waals surface area contributed by atoms with E-state index in [0.29, 0.717) is 10.3 Å². The van der Waals surface area contributed by atoms with E-state index in [0.717, 1.165) is 0 Å². The number of pyridine rings is 1. The number of aromatic amines is 1.